The number of carbonyl (C=O) groups excluding carboxylic acids is 2. The van der Waals surface area contributed by atoms with E-state index in [4.69, 9.17) is 5.73 Å². The molecule has 3 heterocycles. The number of rotatable bonds is 3. The minimum atomic E-state index is -0.0634. The summed E-state index contributed by atoms with van der Waals surface area (Å²) in [6.45, 7) is 2.96. The van der Waals surface area contributed by atoms with E-state index >= 15 is 0 Å². The Labute approximate surface area is 165 Å². The standard InChI is InChI=1S/C22H26N4O2/c23-19-9-10-24-20(14-19)16-5-7-17(8-6-16)21(27)26-13-3-4-18(15-26)22(28)25-11-1-2-12-25/h5-10,14,18H,1-4,11-13,15H2,(H2,23,24). The summed E-state index contributed by atoms with van der Waals surface area (Å²) >= 11 is 0. The molecule has 2 N–H and O–H groups in total. The third kappa shape index (κ3) is 3.86. The summed E-state index contributed by atoms with van der Waals surface area (Å²) in [4.78, 5) is 33.8. The van der Waals surface area contributed by atoms with Crippen molar-refractivity contribution in [3.63, 3.8) is 0 Å². The number of aromatic nitrogens is 1. The lowest BCUT2D eigenvalue weighted by Crippen LogP contribution is -2.46. The second-order valence-electron chi connectivity index (χ2n) is 7.67. The first-order valence-electron chi connectivity index (χ1n) is 10.0. The van der Waals surface area contributed by atoms with E-state index in [-0.39, 0.29) is 17.7 Å². The first kappa shape index (κ1) is 18.5. The molecule has 0 spiro atoms. The number of nitrogens with zero attached hydrogens (tertiary/aromatic N) is 3. The van der Waals surface area contributed by atoms with Crippen molar-refractivity contribution in [2.45, 2.75) is 25.7 Å². The zero-order chi connectivity index (χ0) is 19.5. The number of hydrogen-bond acceptors (Lipinski definition) is 4. The predicted molar refractivity (Wildman–Crippen MR) is 109 cm³/mol. The van der Waals surface area contributed by atoms with E-state index in [1.54, 1.807) is 12.3 Å². The number of likely N-dealkylation sites (tertiary alicyclic amines) is 2. The van der Waals surface area contributed by atoms with Gasteiger partial charge in [-0.3, -0.25) is 14.6 Å². The molecule has 1 atom stereocenters. The largest absolute Gasteiger partial charge is 0.399 e. The van der Waals surface area contributed by atoms with Gasteiger partial charge < -0.3 is 15.5 Å². The molecule has 1 unspecified atom stereocenters. The molecule has 4 rings (SSSR count). The van der Waals surface area contributed by atoms with Gasteiger partial charge in [0.05, 0.1) is 11.6 Å². The highest BCUT2D eigenvalue weighted by atomic mass is 16.2. The maximum atomic E-state index is 13.0. The SMILES string of the molecule is Nc1ccnc(-c2ccc(C(=O)N3CCCC(C(=O)N4CCCC4)C3)cc2)c1. The molecule has 1 aromatic heterocycles. The Hall–Kier alpha value is -2.89. The third-order valence-electron chi connectivity index (χ3n) is 5.69. The molecule has 0 aliphatic carbocycles. The van der Waals surface area contributed by atoms with Gasteiger partial charge in [-0.05, 0) is 49.9 Å². The topological polar surface area (TPSA) is 79.5 Å². The van der Waals surface area contributed by atoms with Gasteiger partial charge in [-0.2, -0.15) is 0 Å². The van der Waals surface area contributed by atoms with Crippen molar-refractivity contribution in [2.75, 3.05) is 31.9 Å². The molecule has 146 valence electrons. The maximum absolute atomic E-state index is 13.0. The quantitative estimate of drug-likeness (QED) is 0.891. The Morgan fingerprint density at radius 3 is 2.39 bits per heavy atom. The van der Waals surface area contributed by atoms with Crippen LogP contribution < -0.4 is 5.73 Å². The van der Waals surface area contributed by atoms with Crippen LogP contribution in [0.4, 0.5) is 5.69 Å². The molecule has 2 amide bonds. The zero-order valence-corrected chi connectivity index (χ0v) is 16.0. The van der Waals surface area contributed by atoms with E-state index in [1.807, 2.05) is 40.1 Å². The Morgan fingerprint density at radius 2 is 1.68 bits per heavy atom. The minimum absolute atomic E-state index is 0.00833. The number of anilines is 1. The van der Waals surface area contributed by atoms with Crippen LogP contribution in [0, 0.1) is 5.92 Å². The average molecular weight is 378 g/mol. The first-order chi connectivity index (χ1) is 13.6. The third-order valence-corrected chi connectivity index (χ3v) is 5.69. The van der Waals surface area contributed by atoms with E-state index in [2.05, 4.69) is 4.98 Å². The zero-order valence-electron chi connectivity index (χ0n) is 16.0. The van der Waals surface area contributed by atoms with Gasteiger partial charge in [0.25, 0.3) is 5.91 Å². The molecule has 0 radical (unpaired) electrons. The second kappa shape index (κ2) is 8.00. The van der Waals surface area contributed by atoms with Gasteiger partial charge in [-0.15, -0.1) is 0 Å². The van der Waals surface area contributed by atoms with Crippen molar-refractivity contribution < 1.29 is 9.59 Å². The van der Waals surface area contributed by atoms with E-state index in [0.29, 0.717) is 24.3 Å². The van der Waals surface area contributed by atoms with Crippen LogP contribution in [0.15, 0.2) is 42.6 Å². The molecule has 2 fully saturated rings. The van der Waals surface area contributed by atoms with Gasteiger partial charge in [-0.1, -0.05) is 12.1 Å². The van der Waals surface area contributed by atoms with Gasteiger partial charge in [0.2, 0.25) is 5.91 Å². The Bertz CT molecular complexity index is 859. The monoisotopic (exact) mass is 378 g/mol. The molecule has 1 aromatic carbocycles. The van der Waals surface area contributed by atoms with Gasteiger partial charge in [-0.25, -0.2) is 0 Å². The normalized spacial score (nSPS) is 19.6. The number of pyridine rings is 1. The molecule has 2 aliphatic rings. The Morgan fingerprint density at radius 1 is 0.964 bits per heavy atom. The summed E-state index contributed by atoms with van der Waals surface area (Å²) in [7, 11) is 0. The highest BCUT2D eigenvalue weighted by Gasteiger charge is 2.32. The highest BCUT2D eigenvalue weighted by Crippen LogP contribution is 2.24. The number of nitrogen functional groups attached to an aromatic ring is 1. The van der Waals surface area contributed by atoms with Crippen molar-refractivity contribution in [1.29, 1.82) is 0 Å². The number of piperidine rings is 1. The molecular formula is C22H26N4O2. The Balaban J connectivity index is 1.44. The van der Waals surface area contributed by atoms with Crippen molar-refractivity contribution in [3.05, 3.63) is 48.2 Å². The van der Waals surface area contributed by atoms with Crippen molar-refractivity contribution >= 4 is 17.5 Å². The van der Waals surface area contributed by atoms with Crippen LogP contribution in [0.1, 0.15) is 36.0 Å². The maximum Gasteiger partial charge on any atom is 0.253 e. The molecule has 6 nitrogen and oxygen atoms in total. The molecular weight excluding hydrogens is 352 g/mol. The van der Waals surface area contributed by atoms with Crippen LogP contribution in [0.2, 0.25) is 0 Å². The molecule has 2 aliphatic heterocycles. The summed E-state index contributed by atoms with van der Waals surface area (Å²) in [6.07, 6.45) is 5.61. The van der Waals surface area contributed by atoms with Gasteiger partial charge >= 0.3 is 0 Å². The fraction of sp³-hybridized carbons (Fsp3) is 0.409. The lowest BCUT2D eigenvalue weighted by molar-refractivity contribution is -0.135. The number of benzene rings is 1. The van der Waals surface area contributed by atoms with Gasteiger partial charge in [0.1, 0.15) is 0 Å². The molecule has 0 bridgehead atoms. The van der Waals surface area contributed by atoms with Crippen LogP contribution in [0.3, 0.4) is 0 Å². The number of hydrogen-bond donors (Lipinski definition) is 1. The second-order valence-corrected chi connectivity index (χ2v) is 7.67. The predicted octanol–water partition coefficient (Wildman–Crippen LogP) is 2.81. The lowest BCUT2D eigenvalue weighted by Gasteiger charge is -2.34. The summed E-state index contributed by atoms with van der Waals surface area (Å²) in [5, 5.41) is 0. The van der Waals surface area contributed by atoms with Crippen molar-refractivity contribution in [3.8, 4) is 11.3 Å². The number of carbonyl (C=O) groups is 2. The van der Waals surface area contributed by atoms with Gasteiger partial charge in [0, 0.05) is 49.2 Å². The number of nitrogens with two attached hydrogens (primary N) is 1. The smallest absolute Gasteiger partial charge is 0.253 e. The van der Waals surface area contributed by atoms with Crippen LogP contribution in [0.5, 0.6) is 0 Å². The molecule has 0 saturated carbocycles. The Kier molecular flexibility index (Phi) is 5.28. The lowest BCUT2D eigenvalue weighted by atomic mass is 9.95. The van der Waals surface area contributed by atoms with E-state index in [1.165, 1.54) is 0 Å². The summed E-state index contributed by atoms with van der Waals surface area (Å²) in [5.74, 6) is 0.149. The molecule has 6 heteroatoms. The van der Waals surface area contributed by atoms with Crippen LogP contribution in [0.25, 0.3) is 11.3 Å². The van der Waals surface area contributed by atoms with Crippen molar-refractivity contribution in [2.24, 2.45) is 5.92 Å². The van der Waals surface area contributed by atoms with E-state index < -0.39 is 0 Å². The molecule has 2 aromatic rings. The van der Waals surface area contributed by atoms with Crippen molar-refractivity contribution in [1.82, 2.24) is 14.8 Å². The molecule has 28 heavy (non-hydrogen) atoms. The van der Waals surface area contributed by atoms with E-state index in [0.717, 1.165) is 50.0 Å². The molecule has 2 saturated heterocycles. The minimum Gasteiger partial charge on any atom is -0.399 e. The fourth-order valence-corrected chi connectivity index (χ4v) is 4.13. The van der Waals surface area contributed by atoms with E-state index in [9.17, 15) is 9.59 Å². The highest BCUT2D eigenvalue weighted by molar-refractivity contribution is 5.95. The van der Waals surface area contributed by atoms with Crippen LogP contribution >= 0.6 is 0 Å². The summed E-state index contributed by atoms with van der Waals surface area (Å²) in [5.41, 5.74) is 8.83. The van der Waals surface area contributed by atoms with Crippen LogP contribution in [-0.2, 0) is 4.79 Å². The average Bonchev–Trinajstić information content (AvgIpc) is 3.28. The first-order valence-corrected chi connectivity index (χ1v) is 10.0. The van der Waals surface area contributed by atoms with Crippen LogP contribution in [-0.4, -0.2) is 52.8 Å². The summed E-state index contributed by atoms with van der Waals surface area (Å²) < 4.78 is 0. The number of amides is 2. The van der Waals surface area contributed by atoms with Gasteiger partial charge in [0.15, 0.2) is 0 Å². The fourth-order valence-electron chi connectivity index (χ4n) is 4.13. The summed E-state index contributed by atoms with van der Waals surface area (Å²) in [6, 6.07) is 11.0.